The Bertz CT molecular complexity index is 312. The number of hydrogen-bond acceptors (Lipinski definition) is 3. The molecule has 1 aliphatic carbocycles. The van der Waals surface area contributed by atoms with Crippen molar-refractivity contribution in [3.05, 3.63) is 0 Å². The smallest absolute Gasteiger partial charge is 0.309 e. The van der Waals surface area contributed by atoms with E-state index in [-0.39, 0.29) is 29.4 Å². The second-order valence-corrected chi connectivity index (χ2v) is 7.28. The van der Waals surface area contributed by atoms with E-state index >= 15 is 0 Å². The van der Waals surface area contributed by atoms with Gasteiger partial charge in [0.25, 0.3) is 0 Å². The molecule has 0 spiro atoms. The van der Waals surface area contributed by atoms with Crippen molar-refractivity contribution in [2.75, 3.05) is 0 Å². The lowest BCUT2D eigenvalue weighted by atomic mass is 9.61. The first-order chi connectivity index (χ1) is 8.66. The summed E-state index contributed by atoms with van der Waals surface area (Å²) in [5, 5.41) is 0. The summed E-state index contributed by atoms with van der Waals surface area (Å²) in [7, 11) is 0. The normalized spacial score (nSPS) is 32.1. The summed E-state index contributed by atoms with van der Waals surface area (Å²) in [6.07, 6.45) is 2.71. The fourth-order valence-electron chi connectivity index (χ4n) is 3.26. The largest absolute Gasteiger partial charge is 0.462 e. The first-order valence-electron chi connectivity index (χ1n) is 7.62. The van der Waals surface area contributed by atoms with Gasteiger partial charge in [-0.2, -0.15) is 0 Å². The molecule has 19 heavy (non-hydrogen) atoms. The molecule has 1 rings (SSSR count). The second kappa shape index (κ2) is 6.25. The van der Waals surface area contributed by atoms with Gasteiger partial charge in [0.15, 0.2) is 0 Å². The Kier molecular flexibility index (Phi) is 5.43. The van der Waals surface area contributed by atoms with E-state index in [1.54, 1.807) is 0 Å². The van der Waals surface area contributed by atoms with Gasteiger partial charge in [0, 0.05) is 6.04 Å². The predicted octanol–water partition coefficient (Wildman–Crippen LogP) is 3.36. The van der Waals surface area contributed by atoms with E-state index in [2.05, 4.69) is 34.6 Å². The Morgan fingerprint density at radius 3 is 2.42 bits per heavy atom. The summed E-state index contributed by atoms with van der Waals surface area (Å²) in [6, 6.07) is 0.201. The monoisotopic (exact) mass is 269 g/mol. The fraction of sp³-hybridized carbons (Fsp3) is 0.938. The topological polar surface area (TPSA) is 52.3 Å². The zero-order valence-corrected chi connectivity index (χ0v) is 13.4. The zero-order chi connectivity index (χ0) is 14.8. The first-order valence-corrected chi connectivity index (χ1v) is 7.62. The molecule has 1 aliphatic rings. The van der Waals surface area contributed by atoms with Gasteiger partial charge >= 0.3 is 5.97 Å². The van der Waals surface area contributed by atoms with Crippen molar-refractivity contribution < 1.29 is 9.53 Å². The van der Waals surface area contributed by atoms with Gasteiger partial charge in [0.05, 0.1) is 12.0 Å². The summed E-state index contributed by atoms with van der Waals surface area (Å²) in [5.74, 6) is 0.850. The lowest BCUT2D eigenvalue weighted by Gasteiger charge is -2.45. The zero-order valence-electron chi connectivity index (χ0n) is 13.4. The Hall–Kier alpha value is -0.570. The number of esters is 1. The number of rotatable bonds is 4. The van der Waals surface area contributed by atoms with Crippen LogP contribution in [-0.4, -0.2) is 18.1 Å². The van der Waals surface area contributed by atoms with E-state index in [4.69, 9.17) is 10.5 Å². The average molecular weight is 269 g/mol. The quantitative estimate of drug-likeness (QED) is 0.796. The Labute approximate surface area is 118 Å². The van der Waals surface area contributed by atoms with Crippen molar-refractivity contribution in [3.63, 3.8) is 0 Å². The molecule has 4 unspecified atom stereocenters. The van der Waals surface area contributed by atoms with Gasteiger partial charge in [0.2, 0.25) is 0 Å². The highest BCUT2D eigenvalue weighted by molar-refractivity contribution is 5.73. The number of ether oxygens (including phenoxy) is 1. The number of hydrogen-bond donors (Lipinski definition) is 1. The van der Waals surface area contributed by atoms with Crippen LogP contribution in [0.5, 0.6) is 0 Å². The molecule has 2 N–H and O–H groups in total. The molecule has 3 heteroatoms. The van der Waals surface area contributed by atoms with E-state index in [1.165, 1.54) is 0 Å². The molecule has 0 aliphatic heterocycles. The predicted molar refractivity (Wildman–Crippen MR) is 78.7 cm³/mol. The number of carbonyl (C=O) groups is 1. The molecule has 112 valence electrons. The van der Waals surface area contributed by atoms with Crippen molar-refractivity contribution in [1.29, 1.82) is 0 Å². The SMILES string of the molecule is CC(C)CC(C)OC(=O)C1CCC(N)C(C)C1(C)C. The first kappa shape index (κ1) is 16.5. The molecule has 3 nitrogen and oxygen atoms in total. The van der Waals surface area contributed by atoms with E-state index in [0.29, 0.717) is 11.8 Å². The fourth-order valence-corrected chi connectivity index (χ4v) is 3.26. The van der Waals surface area contributed by atoms with Crippen LogP contribution in [0.1, 0.15) is 60.8 Å². The molecule has 1 saturated carbocycles. The van der Waals surface area contributed by atoms with Crippen LogP contribution in [-0.2, 0) is 9.53 Å². The molecular formula is C16H31NO2. The van der Waals surface area contributed by atoms with Gasteiger partial charge in [-0.1, -0.05) is 34.6 Å². The Morgan fingerprint density at radius 1 is 1.32 bits per heavy atom. The van der Waals surface area contributed by atoms with Crippen molar-refractivity contribution >= 4 is 5.97 Å². The lowest BCUT2D eigenvalue weighted by molar-refractivity contribution is -0.162. The second-order valence-electron chi connectivity index (χ2n) is 7.28. The van der Waals surface area contributed by atoms with Crippen LogP contribution in [0.2, 0.25) is 0 Å². The molecule has 1 fully saturated rings. The highest BCUT2D eigenvalue weighted by Gasteiger charge is 2.46. The molecule has 0 aromatic heterocycles. The summed E-state index contributed by atoms with van der Waals surface area (Å²) < 4.78 is 5.64. The van der Waals surface area contributed by atoms with Gasteiger partial charge in [-0.3, -0.25) is 4.79 Å². The van der Waals surface area contributed by atoms with Gasteiger partial charge in [-0.05, 0) is 43.4 Å². The highest BCUT2D eigenvalue weighted by atomic mass is 16.5. The summed E-state index contributed by atoms with van der Waals surface area (Å²) in [6.45, 7) is 12.7. The molecule has 0 amide bonds. The van der Waals surface area contributed by atoms with E-state index in [0.717, 1.165) is 19.3 Å². The van der Waals surface area contributed by atoms with Crippen molar-refractivity contribution in [2.45, 2.75) is 73.0 Å². The molecule has 4 atom stereocenters. The van der Waals surface area contributed by atoms with E-state index in [9.17, 15) is 4.79 Å². The van der Waals surface area contributed by atoms with Crippen LogP contribution in [0, 0.1) is 23.2 Å². The number of carbonyl (C=O) groups excluding carboxylic acids is 1. The van der Waals surface area contributed by atoms with Crippen LogP contribution >= 0.6 is 0 Å². The van der Waals surface area contributed by atoms with Crippen LogP contribution < -0.4 is 5.73 Å². The standard InChI is InChI=1S/C16H31NO2/c1-10(2)9-11(3)19-15(18)13-7-8-14(17)12(4)16(13,5)6/h10-14H,7-9,17H2,1-6H3. The minimum Gasteiger partial charge on any atom is -0.462 e. The van der Waals surface area contributed by atoms with Gasteiger partial charge in [0.1, 0.15) is 0 Å². The Balaban J connectivity index is 2.66. The molecule has 0 aromatic carbocycles. The lowest BCUT2D eigenvalue weighted by Crippen LogP contribution is -2.49. The van der Waals surface area contributed by atoms with Gasteiger partial charge in [-0.15, -0.1) is 0 Å². The molecule has 0 heterocycles. The molecule has 0 aromatic rings. The summed E-state index contributed by atoms with van der Waals surface area (Å²) in [4.78, 5) is 12.4. The third-order valence-corrected chi connectivity index (χ3v) is 4.91. The van der Waals surface area contributed by atoms with Crippen molar-refractivity contribution in [2.24, 2.45) is 28.9 Å². The molecular weight excluding hydrogens is 238 g/mol. The summed E-state index contributed by atoms with van der Waals surface area (Å²) in [5.41, 5.74) is 6.05. The van der Waals surface area contributed by atoms with E-state index < -0.39 is 0 Å². The average Bonchev–Trinajstić information content (AvgIpc) is 2.24. The maximum Gasteiger partial charge on any atom is 0.309 e. The Morgan fingerprint density at radius 2 is 1.89 bits per heavy atom. The maximum atomic E-state index is 12.4. The highest BCUT2D eigenvalue weighted by Crippen LogP contribution is 2.45. The van der Waals surface area contributed by atoms with Crippen LogP contribution in [0.15, 0.2) is 0 Å². The maximum absolute atomic E-state index is 12.4. The van der Waals surface area contributed by atoms with Crippen molar-refractivity contribution in [3.8, 4) is 0 Å². The van der Waals surface area contributed by atoms with E-state index in [1.807, 2.05) is 6.92 Å². The molecule has 0 bridgehead atoms. The van der Waals surface area contributed by atoms with Crippen LogP contribution in [0.3, 0.4) is 0 Å². The third-order valence-electron chi connectivity index (χ3n) is 4.91. The van der Waals surface area contributed by atoms with Crippen LogP contribution in [0.4, 0.5) is 0 Å². The summed E-state index contributed by atoms with van der Waals surface area (Å²) >= 11 is 0. The van der Waals surface area contributed by atoms with Gasteiger partial charge in [-0.25, -0.2) is 0 Å². The van der Waals surface area contributed by atoms with Gasteiger partial charge < -0.3 is 10.5 Å². The minimum absolute atomic E-state index is 0.00852. The molecule has 0 radical (unpaired) electrons. The third kappa shape index (κ3) is 3.95. The van der Waals surface area contributed by atoms with Crippen LogP contribution in [0.25, 0.3) is 0 Å². The molecule has 0 saturated heterocycles. The number of nitrogens with two attached hydrogens (primary N) is 1. The minimum atomic E-state index is -0.0771. The van der Waals surface area contributed by atoms with Crippen molar-refractivity contribution in [1.82, 2.24) is 0 Å².